The Kier molecular flexibility index (Phi) is 2.41. The zero-order valence-corrected chi connectivity index (χ0v) is 7.27. The first-order chi connectivity index (χ1) is 6.40. The van der Waals surface area contributed by atoms with Crippen molar-refractivity contribution < 1.29 is 14.4 Å². The van der Waals surface area contributed by atoms with Gasteiger partial charge < -0.3 is 14.4 Å². The molecule has 1 saturated carbocycles. The molecule has 0 spiro atoms. The molecule has 1 N–H and O–H groups in total. The topological polar surface area (TPSA) is 38.7 Å². The van der Waals surface area contributed by atoms with E-state index in [4.69, 9.17) is 14.4 Å². The molecule has 2 rings (SSSR count). The highest BCUT2D eigenvalue weighted by Gasteiger charge is 2.24. The van der Waals surface area contributed by atoms with Crippen molar-refractivity contribution in [1.82, 2.24) is 0 Å². The molecular weight excluding hydrogens is 167 g/mol. The van der Waals surface area contributed by atoms with Gasteiger partial charge in [-0.15, -0.1) is 0 Å². The average Bonchev–Trinajstić information content (AvgIpc) is 2.93. The summed E-state index contributed by atoms with van der Waals surface area (Å²) in [6.07, 6.45) is 2.59. The Morgan fingerprint density at radius 1 is 1.23 bits per heavy atom. The van der Waals surface area contributed by atoms with E-state index in [2.05, 4.69) is 0 Å². The van der Waals surface area contributed by atoms with Crippen LogP contribution < -0.4 is 9.39 Å². The standard InChI is InChI=1S/C9H11BO3/c11-10-13-9-4-2-1-3-8(9)12-7-5-6-7/h1-4,7,10-11H,5-6H2. The minimum Gasteiger partial charge on any atom is -0.536 e. The van der Waals surface area contributed by atoms with E-state index in [1.807, 2.05) is 18.2 Å². The van der Waals surface area contributed by atoms with Crippen LogP contribution >= 0.6 is 0 Å². The van der Waals surface area contributed by atoms with Crippen LogP contribution in [0.4, 0.5) is 0 Å². The summed E-state index contributed by atoms with van der Waals surface area (Å²) < 4.78 is 10.6. The maximum Gasteiger partial charge on any atom is 0.504 e. The zero-order chi connectivity index (χ0) is 9.10. The minimum atomic E-state index is -0.314. The van der Waals surface area contributed by atoms with Crippen molar-refractivity contribution in [2.75, 3.05) is 0 Å². The molecule has 0 aliphatic heterocycles. The van der Waals surface area contributed by atoms with Crippen LogP contribution in [0.1, 0.15) is 12.8 Å². The second kappa shape index (κ2) is 3.70. The Balaban J connectivity index is 2.10. The predicted molar refractivity (Wildman–Crippen MR) is 50.1 cm³/mol. The molecule has 0 bridgehead atoms. The second-order valence-electron chi connectivity index (χ2n) is 3.04. The van der Waals surface area contributed by atoms with Crippen molar-refractivity contribution in [3.05, 3.63) is 24.3 Å². The molecule has 1 aromatic rings. The fourth-order valence-electron chi connectivity index (χ4n) is 1.10. The third-order valence-electron chi connectivity index (χ3n) is 1.89. The van der Waals surface area contributed by atoms with Crippen molar-refractivity contribution in [2.24, 2.45) is 0 Å². The fourth-order valence-corrected chi connectivity index (χ4v) is 1.10. The lowest BCUT2D eigenvalue weighted by atomic mass is 10.3. The maximum absolute atomic E-state index is 8.62. The summed E-state index contributed by atoms with van der Waals surface area (Å²) in [6, 6.07) is 7.38. The van der Waals surface area contributed by atoms with Gasteiger partial charge in [0, 0.05) is 0 Å². The summed E-state index contributed by atoms with van der Waals surface area (Å²) in [5.41, 5.74) is 0. The molecule has 0 unspecified atom stereocenters. The molecule has 1 aliphatic rings. The number of rotatable bonds is 4. The van der Waals surface area contributed by atoms with E-state index < -0.39 is 0 Å². The molecule has 0 saturated heterocycles. The van der Waals surface area contributed by atoms with Crippen LogP contribution in [0.5, 0.6) is 11.5 Å². The highest BCUT2D eigenvalue weighted by Crippen LogP contribution is 2.32. The lowest BCUT2D eigenvalue weighted by Gasteiger charge is -2.09. The number of para-hydroxylation sites is 2. The molecule has 4 heteroatoms. The summed E-state index contributed by atoms with van der Waals surface area (Å²) >= 11 is 0. The van der Waals surface area contributed by atoms with E-state index in [-0.39, 0.29) is 7.69 Å². The number of benzene rings is 1. The summed E-state index contributed by atoms with van der Waals surface area (Å²) in [7, 11) is -0.314. The van der Waals surface area contributed by atoms with Crippen LogP contribution in [0.25, 0.3) is 0 Å². The first-order valence-electron chi connectivity index (χ1n) is 4.39. The SMILES string of the molecule is OBOc1ccccc1OC1CC1. The van der Waals surface area contributed by atoms with E-state index in [0.29, 0.717) is 11.9 Å². The first-order valence-corrected chi connectivity index (χ1v) is 4.39. The largest absolute Gasteiger partial charge is 0.536 e. The van der Waals surface area contributed by atoms with Crippen molar-refractivity contribution in [3.8, 4) is 11.5 Å². The molecule has 3 nitrogen and oxygen atoms in total. The molecule has 0 atom stereocenters. The van der Waals surface area contributed by atoms with Crippen LogP contribution in [-0.4, -0.2) is 18.8 Å². The predicted octanol–water partition coefficient (Wildman–Crippen LogP) is 0.865. The van der Waals surface area contributed by atoms with Crippen molar-refractivity contribution >= 4 is 7.69 Å². The Labute approximate surface area is 77.6 Å². The lowest BCUT2D eigenvalue weighted by molar-refractivity contribution is 0.291. The molecule has 0 aromatic heterocycles. The average molecular weight is 178 g/mol. The van der Waals surface area contributed by atoms with Gasteiger partial charge in [-0.25, -0.2) is 0 Å². The van der Waals surface area contributed by atoms with E-state index in [9.17, 15) is 0 Å². The molecular formula is C9H11BO3. The molecule has 1 aliphatic carbocycles. The van der Waals surface area contributed by atoms with Crippen LogP contribution in [0, 0.1) is 0 Å². The van der Waals surface area contributed by atoms with Crippen LogP contribution in [0.2, 0.25) is 0 Å². The molecule has 1 aromatic carbocycles. The summed E-state index contributed by atoms with van der Waals surface area (Å²) in [6.45, 7) is 0. The van der Waals surface area contributed by atoms with Gasteiger partial charge in [-0.2, -0.15) is 0 Å². The fraction of sp³-hybridized carbons (Fsp3) is 0.333. The third-order valence-corrected chi connectivity index (χ3v) is 1.89. The van der Waals surface area contributed by atoms with Gasteiger partial charge in [0.15, 0.2) is 5.75 Å². The third kappa shape index (κ3) is 2.15. The number of ether oxygens (including phenoxy) is 1. The second-order valence-corrected chi connectivity index (χ2v) is 3.04. The Hall–Kier alpha value is -1.16. The lowest BCUT2D eigenvalue weighted by Crippen LogP contribution is -2.03. The van der Waals surface area contributed by atoms with Crippen molar-refractivity contribution in [1.29, 1.82) is 0 Å². The highest BCUT2D eigenvalue weighted by atomic mass is 16.5. The van der Waals surface area contributed by atoms with E-state index in [1.54, 1.807) is 6.07 Å². The Bertz CT molecular complexity index is 286. The van der Waals surface area contributed by atoms with Gasteiger partial charge in [-0.1, -0.05) is 12.1 Å². The monoisotopic (exact) mass is 178 g/mol. The summed E-state index contributed by atoms with van der Waals surface area (Å²) in [4.78, 5) is 0. The van der Waals surface area contributed by atoms with Crippen molar-refractivity contribution in [2.45, 2.75) is 18.9 Å². The van der Waals surface area contributed by atoms with Crippen LogP contribution in [0.15, 0.2) is 24.3 Å². The van der Waals surface area contributed by atoms with Crippen LogP contribution in [0.3, 0.4) is 0 Å². The van der Waals surface area contributed by atoms with Gasteiger partial charge in [0.1, 0.15) is 5.75 Å². The zero-order valence-electron chi connectivity index (χ0n) is 7.27. The molecule has 13 heavy (non-hydrogen) atoms. The first kappa shape index (κ1) is 8.44. The van der Waals surface area contributed by atoms with Gasteiger partial charge in [0.25, 0.3) is 0 Å². The Morgan fingerprint density at radius 2 is 1.92 bits per heavy atom. The normalized spacial score (nSPS) is 15.2. The molecule has 0 amide bonds. The smallest absolute Gasteiger partial charge is 0.504 e. The van der Waals surface area contributed by atoms with Crippen LogP contribution in [-0.2, 0) is 0 Å². The molecule has 0 heterocycles. The molecule has 1 fully saturated rings. The van der Waals surface area contributed by atoms with Gasteiger partial charge in [-0.3, -0.25) is 0 Å². The summed E-state index contributed by atoms with van der Waals surface area (Å²) in [5, 5.41) is 8.62. The van der Waals surface area contributed by atoms with Gasteiger partial charge in [-0.05, 0) is 25.0 Å². The van der Waals surface area contributed by atoms with E-state index in [1.165, 1.54) is 0 Å². The van der Waals surface area contributed by atoms with Gasteiger partial charge in [0.05, 0.1) is 6.10 Å². The maximum atomic E-state index is 8.62. The van der Waals surface area contributed by atoms with E-state index in [0.717, 1.165) is 18.6 Å². The van der Waals surface area contributed by atoms with Gasteiger partial charge in [0.2, 0.25) is 0 Å². The van der Waals surface area contributed by atoms with E-state index >= 15 is 0 Å². The Morgan fingerprint density at radius 3 is 2.54 bits per heavy atom. The van der Waals surface area contributed by atoms with Gasteiger partial charge >= 0.3 is 7.69 Å². The molecule has 0 radical (unpaired) electrons. The number of hydrogen-bond acceptors (Lipinski definition) is 3. The highest BCUT2D eigenvalue weighted by molar-refractivity contribution is 6.17. The molecule has 68 valence electrons. The van der Waals surface area contributed by atoms with Crippen molar-refractivity contribution in [3.63, 3.8) is 0 Å². The summed E-state index contributed by atoms with van der Waals surface area (Å²) in [5.74, 6) is 1.33. The number of hydrogen-bond donors (Lipinski definition) is 1. The minimum absolute atomic E-state index is 0.314. The quantitative estimate of drug-likeness (QED) is 0.695.